The number of nitrogens with zero attached hydrogens (tertiary/aromatic N) is 1. The maximum absolute atomic E-state index is 4.19. The van der Waals surface area contributed by atoms with Crippen LogP contribution in [0.5, 0.6) is 0 Å². The first-order valence-electron chi connectivity index (χ1n) is 3.56. The molecule has 1 aliphatic rings. The molecule has 0 amide bonds. The van der Waals surface area contributed by atoms with Gasteiger partial charge in [0.05, 0.1) is 6.54 Å². The molecule has 56 valence electrons. The summed E-state index contributed by atoms with van der Waals surface area (Å²) in [7, 11) is 0. The van der Waals surface area contributed by atoms with Crippen LogP contribution in [-0.2, 0) is 6.54 Å². The van der Waals surface area contributed by atoms with Crippen molar-refractivity contribution >= 4 is 22.1 Å². The van der Waals surface area contributed by atoms with Gasteiger partial charge in [0.1, 0.15) is 0 Å². The van der Waals surface area contributed by atoms with Gasteiger partial charge in [-0.2, -0.15) is 0 Å². The van der Waals surface area contributed by atoms with Crippen molar-refractivity contribution in [1.82, 2.24) is 0 Å². The van der Waals surface area contributed by atoms with Crippen LogP contribution in [0, 0.1) is 6.92 Å². The molecule has 0 unspecified atom stereocenters. The molecule has 0 spiro atoms. The van der Waals surface area contributed by atoms with E-state index >= 15 is 0 Å². The van der Waals surface area contributed by atoms with Crippen molar-refractivity contribution in [1.29, 1.82) is 0 Å². The number of hydrogen-bond acceptors (Lipinski definition) is 1. The SMILES string of the molecule is Cc1cc2c(cc1Br)C=NC2. The Labute approximate surface area is 74.3 Å². The van der Waals surface area contributed by atoms with Crippen molar-refractivity contribution in [2.45, 2.75) is 13.5 Å². The van der Waals surface area contributed by atoms with E-state index in [1.807, 2.05) is 6.21 Å². The highest BCUT2D eigenvalue weighted by atomic mass is 79.9. The molecule has 0 fully saturated rings. The van der Waals surface area contributed by atoms with Gasteiger partial charge in [-0.05, 0) is 29.7 Å². The van der Waals surface area contributed by atoms with Crippen LogP contribution in [0.4, 0.5) is 0 Å². The average Bonchev–Trinajstić information content (AvgIpc) is 2.36. The standard InChI is InChI=1S/C9H8BrN/c1-6-2-7-4-11-5-8(7)3-9(6)10/h2-3,5H,4H2,1H3. The summed E-state index contributed by atoms with van der Waals surface area (Å²) in [6.07, 6.45) is 1.93. The topological polar surface area (TPSA) is 12.4 Å². The van der Waals surface area contributed by atoms with Crippen LogP contribution >= 0.6 is 15.9 Å². The van der Waals surface area contributed by atoms with E-state index in [2.05, 4.69) is 40.0 Å². The highest BCUT2D eigenvalue weighted by Gasteiger charge is 2.07. The Morgan fingerprint density at radius 3 is 3.09 bits per heavy atom. The summed E-state index contributed by atoms with van der Waals surface area (Å²) in [5, 5.41) is 0. The molecule has 1 nitrogen and oxygen atoms in total. The van der Waals surface area contributed by atoms with Gasteiger partial charge in [-0.1, -0.05) is 22.0 Å². The van der Waals surface area contributed by atoms with E-state index in [1.165, 1.54) is 21.2 Å². The minimum atomic E-state index is 0.851. The second-order valence-corrected chi connectivity index (χ2v) is 3.62. The quantitative estimate of drug-likeness (QED) is 0.624. The van der Waals surface area contributed by atoms with E-state index in [0.717, 1.165) is 6.54 Å². The van der Waals surface area contributed by atoms with E-state index in [9.17, 15) is 0 Å². The molecule has 1 heterocycles. The number of hydrogen-bond donors (Lipinski definition) is 0. The number of rotatable bonds is 0. The van der Waals surface area contributed by atoms with Gasteiger partial charge in [-0.25, -0.2) is 0 Å². The summed E-state index contributed by atoms with van der Waals surface area (Å²) in [6, 6.07) is 4.31. The van der Waals surface area contributed by atoms with Crippen LogP contribution in [-0.4, -0.2) is 6.21 Å². The van der Waals surface area contributed by atoms with E-state index in [1.54, 1.807) is 0 Å². The average molecular weight is 210 g/mol. The molecule has 2 heteroatoms. The number of aliphatic imine (C=N–C) groups is 1. The zero-order valence-corrected chi connectivity index (χ0v) is 7.85. The number of aryl methyl sites for hydroxylation is 1. The summed E-state index contributed by atoms with van der Waals surface area (Å²) in [5.74, 6) is 0. The van der Waals surface area contributed by atoms with Crippen LogP contribution in [0.2, 0.25) is 0 Å². The fourth-order valence-electron chi connectivity index (χ4n) is 1.26. The smallest absolute Gasteiger partial charge is 0.0646 e. The Kier molecular flexibility index (Phi) is 1.57. The summed E-state index contributed by atoms with van der Waals surface area (Å²) >= 11 is 3.49. The van der Waals surface area contributed by atoms with Gasteiger partial charge in [0, 0.05) is 10.7 Å². The third-order valence-corrected chi connectivity index (χ3v) is 2.77. The molecule has 0 N–H and O–H groups in total. The first-order valence-corrected chi connectivity index (χ1v) is 4.35. The highest BCUT2D eigenvalue weighted by Crippen LogP contribution is 2.23. The Balaban J connectivity index is 2.63. The predicted octanol–water partition coefficient (Wildman–Crippen LogP) is 2.69. The Hall–Kier alpha value is -0.630. The molecule has 11 heavy (non-hydrogen) atoms. The number of fused-ring (bicyclic) bond motifs is 1. The van der Waals surface area contributed by atoms with E-state index in [4.69, 9.17) is 0 Å². The maximum Gasteiger partial charge on any atom is 0.0646 e. The van der Waals surface area contributed by atoms with E-state index < -0.39 is 0 Å². The molecule has 0 radical (unpaired) electrons. The molecule has 2 rings (SSSR count). The van der Waals surface area contributed by atoms with Gasteiger partial charge in [-0.3, -0.25) is 4.99 Å². The minimum Gasteiger partial charge on any atom is -0.288 e. The van der Waals surface area contributed by atoms with E-state index in [-0.39, 0.29) is 0 Å². The monoisotopic (exact) mass is 209 g/mol. The van der Waals surface area contributed by atoms with Gasteiger partial charge in [0.25, 0.3) is 0 Å². The molecule has 0 bridgehead atoms. The first kappa shape index (κ1) is 7.04. The summed E-state index contributed by atoms with van der Waals surface area (Å²) in [6.45, 7) is 2.95. The molecule has 0 aliphatic carbocycles. The fourth-order valence-corrected chi connectivity index (χ4v) is 1.62. The zero-order valence-electron chi connectivity index (χ0n) is 6.26. The van der Waals surface area contributed by atoms with E-state index in [0.29, 0.717) is 0 Å². The summed E-state index contributed by atoms with van der Waals surface area (Å²) < 4.78 is 1.17. The summed E-state index contributed by atoms with van der Waals surface area (Å²) in [5.41, 5.74) is 3.88. The molecule has 0 atom stereocenters. The lowest BCUT2D eigenvalue weighted by Crippen LogP contribution is -1.86. The van der Waals surface area contributed by atoms with Gasteiger partial charge >= 0.3 is 0 Å². The van der Waals surface area contributed by atoms with Crippen LogP contribution in [0.3, 0.4) is 0 Å². The van der Waals surface area contributed by atoms with Crippen molar-refractivity contribution in [3.05, 3.63) is 33.3 Å². The third-order valence-electron chi connectivity index (χ3n) is 1.91. The third kappa shape index (κ3) is 1.11. The normalized spacial score (nSPS) is 13.6. The molecular weight excluding hydrogens is 202 g/mol. The second kappa shape index (κ2) is 2.45. The Morgan fingerprint density at radius 1 is 1.45 bits per heavy atom. The Bertz CT molecular complexity index is 329. The van der Waals surface area contributed by atoms with Crippen molar-refractivity contribution in [2.75, 3.05) is 0 Å². The number of benzene rings is 1. The van der Waals surface area contributed by atoms with Crippen LogP contribution < -0.4 is 0 Å². The summed E-state index contributed by atoms with van der Waals surface area (Å²) in [4.78, 5) is 4.19. The largest absolute Gasteiger partial charge is 0.288 e. The van der Waals surface area contributed by atoms with Crippen molar-refractivity contribution < 1.29 is 0 Å². The van der Waals surface area contributed by atoms with Gasteiger partial charge in [0.2, 0.25) is 0 Å². The van der Waals surface area contributed by atoms with Gasteiger partial charge in [0.15, 0.2) is 0 Å². The predicted molar refractivity (Wildman–Crippen MR) is 50.2 cm³/mol. The molecule has 1 aromatic rings. The highest BCUT2D eigenvalue weighted by molar-refractivity contribution is 9.10. The fraction of sp³-hybridized carbons (Fsp3) is 0.222. The molecular formula is C9H8BrN. The van der Waals surface area contributed by atoms with Gasteiger partial charge in [-0.15, -0.1) is 0 Å². The lowest BCUT2D eigenvalue weighted by atomic mass is 10.1. The van der Waals surface area contributed by atoms with Gasteiger partial charge < -0.3 is 0 Å². The molecule has 0 saturated heterocycles. The van der Waals surface area contributed by atoms with Crippen molar-refractivity contribution in [2.24, 2.45) is 4.99 Å². The molecule has 1 aromatic carbocycles. The van der Waals surface area contributed by atoms with Crippen molar-refractivity contribution in [3.8, 4) is 0 Å². The zero-order chi connectivity index (χ0) is 7.84. The van der Waals surface area contributed by atoms with Crippen LogP contribution in [0.25, 0.3) is 0 Å². The number of halogens is 1. The second-order valence-electron chi connectivity index (χ2n) is 2.77. The first-order chi connectivity index (χ1) is 5.27. The molecule has 1 aliphatic heterocycles. The Morgan fingerprint density at radius 2 is 2.27 bits per heavy atom. The lowest BCUT2D eigenvalue weighted by molar-refractivity contribution is 1.10. The minimum absolute atomic E-state index is 0.851. The van der Waals surface area contributed by atoms with Crippen molar-refractivity contribution in [3.63, 3.8) is 0 Å². The molecule has 0 saturated carbocycles. The lowest BCUT2D eigenvalue weighted by Gasteiger charge is -2.01. The van der Waals surface area contributed by atoms with Crippen LogP contribution in [0.15, 0.2) is 21.6 Å². The maximum atomic E-state index is 4.19. The molecule has 0 aromatic heterocycles. The van der Waals surface area contributed by atoms with Crippen LogP contribution in [0.1, 0.15) is 16.7 Å².